The Balaban J connectivity index is 2.20. The van der Waals surface area contributed by atoms with Gasteiger partial charge in [-0.1, -0.05) is 18.2 Å². The average molecular weight is 246 g/mol. The molecule has 0 amide bonds. The number of hydrogen-bond donors (Lipinski definition) is 2. The number of ether oxygens (including phenoxy) is 1. The van der Waals surface area contributed by atoms with E-state index in [0.717, 1.165) is 13.1 Å². The zero-order valence-electron chi connectivity index (χ0n) is 9.05. The first kappa shape index (κ1) is 12.2. The summed E-state index contributed by atoms with van der Waals surface area (Å²) in [5.74, 6) is -0.138. The van der Waals surface area contributed by atoms with Gasteiger partial charge in [-0.15, -0.1) is 13.2 Å². The fourth-order valence-electron chi connectivity index (χ4n) is 1.86. The highest BCUT2D eigenvalue weighted by Crippen LogP contribution is 2.30. The molecule has 0 aromatic heterocycles. The van der Waals surface area contributed by atoms with Crippen molar-refractivity contribution in [2.45, 2.75) is 12.4 Å². The summed E-state index contributed by atoms with van der Waals surface area (Å²) in [5.41, 5.74) is 0.525. The predicted octanol–water partition coefficient (Wildman–Crippen LogP) is 1.82. The van der Waals surface area contributed by atoms with E-state index in [4.69, 9.17) is 0 Å². The summed E-state index contributed by atoms with van der Waals surface area (Å²) in [4.78, 5) is 0. The quantitative estimate of drug-likeness (QED) is 0.835. The van der Waals surface area contributed by atoms with Crippen LogP contribution in [0, 0.1) is 0 Å². The van der Waals surface area contributed by atoms with Crippen LogP contribution in [0.1, 0.15) is 11.6 Å². The summed E-state index contributed by atoms with van der Waals surface area (Å²) in [7, 11) is 0. The molecule has 2 N–H and O–H groups in total. The molecular weight excluding hydrogens is 233 g/mol. The molecule has 1 aliphatic rings. The molecule has 1 saturated heterocycles. The zero-order chi connectivity index (χ0) is 12.3. The highest BCUT2D eigenvalue weighted by molar-refractivity contribution is 5.36. The molecule has 0 bridgehead atoms. The highest BCUT2D eigenvalue weighted by Gasteiger charge is 2.33. The number of piperazine rings is 1. The van der Waals surface area contributed by atoms with Crippen LogP contribution in [0.5, 0.6) is 5.75 Å². The third kappa shape index (κ3) is 3.34. The molecule has 0 aliphatic carbocycles. The fraction of sp³-hybridized carbons (Fsp3) is 0.455. The Bertz CT molecular complexity index is 375. The van der Waals surface area contributed by atoms with E-state index in [1.54, 1.807) is 12.1 Å². The van der Waals surface area contributed by atoms with Gasteiger partial charge in [0.15, 0.2) is 0 Å². The lowest BCUT2D eigenvalue weighted by Crippen LogP contribution is -2.42. The molecule has 17 heavy (non-hydrogen) atoms. The predicted molar refractivity (Wildman–Crippen MR) is 56.7 cm³/mol. The van der Waals surface area contributed by atoms with Crippen molar-refractivity contribution in [3.05, 3.63) is 29.8 Å². The molecule has 0 saturated carbocycles. The second-order valence-corrected chi connectivity index (χ2v) is 3.80. The Morgan fingerprint density at radius 1 is 1.18 bits per heavy atom. The first-order valence-electron chi connectivity index (χ1n) is 5.35. The minimum absolute atomic E-state index is 0.138. The van der Waals surface area contributed by atoms with Gasteiger partial charge in [-0.05, 0) is 6.07 Å². The molecule has 1 atom stereocenters. The third-order valence-corrected chi connectivity index (χ3v) is 2.56. The van der Waals surface area contributed by atoms with Crippen LogP contribution in [0.4, 0.5) is 13.2 Å². The normalized spacial score (nSPS) is 21.2. The topological polar surface area (TPSA) is 33.3 Å². The van der Waals surface area contributed by atoms with Crippen LogP contribution < -0.4 is 15.4 Å². The number of nitrogens with one attached hydrogen (secondary N) is 2. The van der Waals surface area contributed by atoms with Crippen LogP contribution >= 0.6 is 0 Å². The Morgan fingerprint density at radius 2 is 1.94 bits per heavy atom. The van der Waals surface area contributed by atoms with Gasteiger partial charge < -0.3 is 15.4 Å². The van der Waals surface area contributed by atoms with Gasteiger partial charge >= 0.3 is 6.36 Å². The third-order valence-electron chi connectivity index (χ3n) is 2.56. The molecule has 1 aromatic carbocycles. The van der Waals surface area contributed by atoms with Gasteiger partial charge in [0, 0.05) is 31.2 Å². The smallest absolute Gasteiger partial charge is 0.405 e. The fourth-order valence-corrected chi connectivity index (χ4v) is 1.86. The maximum absolute atomic E-state index is 12.2. The molecule has 0 unspecified atom stereocenters. The molecule has 0 radical (unpaired) electrons. The molecule has 3 nitrogen and oxygen atoms in total. The molecule has 2 rings (SSSR count). The molecule has 1 heterocycles. The second kappa shape index (κ2) is 4.93. The summed E-state index contributed by atoms with van der Waals surface area (Å²) >= 11 is 0. The lowest BCUT2D eigenvalue weighted by atomic mass is 10.0. The molecule has 6 heteroatoms. The maximum atomic E-state index is 12.2. The lowest BCUT2D eigenvalue weighted by Gasteiger charge is -2.26. The molecule has 94 valence electrons. The van der Waals surface area contributed by atoms with E-state index in [-0.39, 0.29) is 11.8 Å². The van der Waals surface area contributed by atoms with Crippen LogP contribution in [0.25, 0.3) is 0 Å². The van der Waals surface area contributed by atoms with Crippen molar-refractivity contribution in [2.75, 3.05) is 19.6 Å². The van der Waals surface area contributed by atoms with E-state index in [1.807, 2.05) is 0 Å². The number of benzene rings is 1. The zero-order valence-corrected chi connectivity index (χ0v) is 9.05. The van der Waals surface area contributed by atoms with E-state index in [0.29, 0.717) is 12.1 Å². The van der Waals surface area contributed by atoms with Crippen LogP contribution in [-0.4, -0.2) is 26.0 Å². The SMILES string of the molecule is FC(F)(F)Oc1ccccc1[C@H]1CNCCN1. The van der Waals surface area contributed by atoms with E-state index >= 15 is 0 Å². The number of halogens is 3. The Hall–Kier alpha value is -1.27. The van der Waals surface area contributed by atoms with E-state index in [9.17, 15) is 13.2 Å². The van der Waals surface area contributed by atoms with Crippen LogP contribution in [0.15, 0.2) is 24.3 Å². The van der Waals surface area contributed by atoms with Gasteiger partial charge in [-0.25, -0.2) is 0 Å². The molecular formula is C11H13F3N2O. The van der Waals surface area contributed by atoms with Gasteiger partial charge in [0.1, 0.15) is 5.75 Å². The first-order valence-corrected chi connectivity index (χ1v) is 5.35. The van der Waals surface area contributed by atoms with Crippen LogP contribution in [-0.2, 0) is 0 Å². The van der Waals surface area contributed by atoms with Gasteiger partial charge in [0.25, 0.3) is 0 Å². The average Bonchev–Trinajstić information content (AvgIpc) is 2.29. The summed E-state index contributed by atoms with van der Waals surface area (Å²) in [6.07, 6.45) is -4.65. The minimum atomic E-state index is -4.65. The van der Waals surface area contributed by atoms with Crippen molar-refractivity contribution in [3.8, 4) is 5.75 Å². The van der Waals surface area contributed by atoms with Crippen molar-refractivity contribution in [1.29, 1.82) is 0 Å². The van der Waals surface area contributed by atoms with Gasteiger partial charge in [-0.2, -0.15) is 0 Å². The maximum Gasteiger partial charge on any atom is 0.573 e. The summed E-state index contributed by atoms with van der Waals surface area (Å²) < 4.78 is 40.7. The van der Waals surface area contributed by atoms with Gasteiger partial charge in [0.2, 0.25) is 0 Å². The largest absolute Gasteiger partial charge is 0.573 e. The number of para-hydroxylation sites is 1. The van der Waals surface area contributed by atoms with Crippen molar-refractivity contribution in [2.24, 2.45) is 0 Å². The molecule has 1 aromatic rings. The Labute approximate surface area is 97.0 Å². The van der Waals surface area contributed by atoms with Crippen LogP contribution in [0.2, 0.25) is 0 Å². The molecule has 0 spiro atoms. The lowest BCUT2D eigenvalue weighted by molar-refractivity contribution is -0.275. The number of rotatable bonds is 2. The summed E-state index contributed by atoms with van der Waals surface area (Å²) in [6.45, 7) is 2.14. The molecule has 1 aliphatic heterocycles. The standard InChI is InChI=1S/C11H13F3N2O/c12-11(13,14)17-10-4-2-1-3-8(10)9-7-15-5-6-16-9/h1-4,9,15-16H,5-7H2/t9-/m1/s1. The van der Waals surface area contributed by atoms with E-state index in [2.05, 4.69) is 15.4 Å². The van der Waals surface area contributed by atoms with Crippen molar-refractivity contribution in [1.82, 2.24) is 10.6 Å². The summed E-state index contributed by atoms with van der Waals surface area (Å²) in [6, 6.07) is 6.06. The van der Waals surface area contributed by atoms with Crippen molar-refractivity contribution >= 4 is 0 Å². The monoisotopic (exact) mass is 246 g/mol. The van der Waals surface area contributed by atoms with Crippen LogP contribution in [0.3, 0.4) is 0 Å². The highest BCUT2D eigenvalue weighted by atomic mass is 19.4. The molecule has 1 fully saturated rings. The summed E-state index contributed by atoms with van der Waals surface area (Å²) in [5, 5.41) is 6.28. The second-order valence-electron chi connectivity index (χ2n) is 3.80. The van der Waals surface area contributed by atoms with E-state index in [1.165, 1.54) is 12.1 Å². The number of hydrogen-bond acceptors (Lipinski definition) is 3. The van der Waals surface area contributed by atoms with E-state index < -0.39 is 6.36 Å². The Morgan fingerprint density at radius 3 is 2.59 bits per heavy atom. The Kier molecular flexibility index (Phi) is 3.54. The number of alkyl halides is 3. The van der Waals surface area contributed by atoms with Gasteiger partial charge in [0.05, 0.1) is 0 Å². The first-order chi connectivity index (χ1) is 8.06. The minimum Gasteiger partial charge on any atom is -0.405 e. The van der Waals surface area contributed by atoms with Crippen molar-refractivity contribution < 1.29 is 17.9 Å². The van der Waals surface area contributed by atoms with Gasteiger partial charge in [-0.3, -0.25) is 0 Å². The van der Waals surface area contributed by atoms with Crippen molar-refractivity contribution in [3.63, 3.8) is 0 Å².